The topological polar surface area (TPSA) is 80.7 Å². The van der Waals surface area contributed by atoms with Crippen molar-refractivity contribution in [3.8, 4) is 0 Å². The second-order valence-corrected chi connectivity index (χ2v) is 11.3. The Bertz CT molecular complexity index is 1170. The second kappa shape index (κ2) is 14.5. The summed E-state index contributed by atoms with van der Waals surface area (Å²) in [6.45, 7) is 0.429. The zero-order chi connectivity index (χ0) is 27.6. The maximum absolute atomic E-state index is 13.6. The van der Waals surface area contributed by atoms with Crippen LogP contribution in [0.5, 0.6) is 0 Å². The predicted molar refractivity (Wildman–Crippen MR) is 153 cm³/mol. The first-order valence-electron chi connectivity index (χ1n) is 14.5. The highest BCUT2D eigenvalue weighted by molar-refractivity contribution is 6.30. The normalized spacial score (nSPS) is 19.2. The average molecular weight is 551 g/mol. The summed E-state index contributed by atoms with van der Waals surface area (Å²) in [4.78, 5) is 37.7. The molecule has 5 nitrogen and oxygen atoms in total. The van der Waals surface area contributed by atoms with Crippen molar-refractivity contribution in [2.24, 2.45) is 5.92 Å². The molecular formula is C33H39ClO5. The summed E-state index contributed by atoms with van der Waals surface area (Å²) >= 11 is 6.07. The number of ether oxygens (including phenoxy) is 1. The molecule has 0 spiro atoms. The van der Waals surface area contributed by atoms with Gasteiger partial charge in [0.05, 0.1) is 6.61 Å². The highest BCUT2D eigenvalue weighted by atomic mass is 35.5. The minimum Gasteiger partial charge on any atom is -0.489 e. The third-order valence-electron chi connectivity index (χ3n) is 8.12. The fourth-order valence-electron chi connectivity index (χ4n) is 5.95. The Morgan fingerprint density at radius 2 is 1.28 bits per heavy atom. The molecule has 39 heavy (non-hydrogen) atoms. The van der Waals surface area contributed by atoms with E-state index in [2.05, 4.69) is 12.1 Å². The first kappa shape index (κ1) is 29.1. The first-order valence-corrected chi connectivity index (χ1v) is 14.9. The van der Waals surface area contributed by atoms with Crippen LogP contribution in [0.2, 0.25) is 5.02 Å². The van der Waals surface area contributed by atoms with Crippen molar-refractivity contribution in [3.63, 3.8) is 0 Å². The van der Waals surface area contributed by atoms with Crippen molar-refractivity contribution in [1.82, 2.24) is 0 Å². The number of hydrogen-bond donors (Lipinski definition) is 1. The van der Waals surface area contributed by atoms with Gasteiger partial charge in [-0.1, -0.05) is 86.5 Å². The number of unbranched alkanes of at least 4 members (excludes halogenated alkanes) is 7. The molecule has 2 aliphatic rings. The van der Waals surface area contributed by atoms with Gasteiger partial charge in [-0.05, 0) is 68.1 Å². The number of allylic oxidation sites excluding steroid dienone is 2. The van der Waals surface area contributed by atoms with Crippen molar-refractivity contribution < 1.29 is 24.2 Å². The number of ketones is 2. The lowest BCUT2D eigenvalue weighted by Crippen LogP contribution is -2.29. The molecule has 0 aliphatic heterocycles. The molecule has 2 aromatic carbocycles. The molecule has 6 heteroatoms. The Morgan fingerprint density at radius 1 is 0.744 bits per heavy atom. The number of Topliss-reactive ketones (excluding diaryl/α,β-unsaturated/α-hetero) is 2. The summed E-state index contributed by atoms with van der Waals surface area (Å²) in [5, 5.41) is 9.44. The number of carbonyl (C=O) groups is 3. The number of benzene rings is 2. The maximum Gasteiger partial charge on any atom is 0.303 e. The molecule has 1 fully saturated rings. The van der Waals surface area contributed by atoms with Crippen LogP contribution in [0.25, 0.3) is 0 Å². The van der Waals surface area contributed by atoms with Crippen LogP contribution in [-0.4, -0.2) is 29.2 Å². The molecule has 208 valence electrons. The number of carbonyl (C=O) groups excluding carboxylic acids is 2. The highest BCUT2D eigenvalue weighted by Crippen LogP contribution is 2.42. The molecule has 0 saturated heterocycles. The molecular weight excluding hydrogens is 512 g/mol. The average Bonchev–Trinajstić information content (AvgIpc) is 2.94. The summed E-state index contributed by atoms with van der Waals surface area (Å²) in [6, 6.07) is 15.1. The van der Waals surface area contributed by atoms with E-state index in [1.165, 1.54) is 5.56 Å². The molecule has 1 saturated carbocycles. The quantitative estimate of drug-likeness (QED) is 0.238. The summed E-state index contributed by atoms with van der Waals surface area (Å²) in [5.74, 6) is -0.219. The van der Waals surface area contributed by atoms with Crippen LogP contribution in [-0.2, 0) is 9.53 Å². The molecule has 2 aromatic rings. The monoisotopic (exact) mass is 550 g/mol. The van der Waals surface area contributed by atoms with Gasteiger partial charge < -0.3 is 9.84 Å². The van der Waals surface area contributed by atoms with Crippen molar-refractivity contribution in [1.29, 1.82) is 0 Å². The Labute approximate surface area is 236 Å². The van der Waals surface area contributed by atoms with E-state index in [9.17, 15) is 14.4 Å². The van der Waals surface area contributed by atoms with Gasteiger partial charge in [0, 0.05) is 28.1 Å². The second-order valence-electron chi connectivity index (χ2n) is 10.9. The number of hydrogen-bond acceptors (Lipinski definition) is 4. The summed E-state index contributed by atoms with van der Waals surface area (Å²) in [5.41, 5.74) is 2.79. The number of fused-ring (bicyclic) bond motifs is 1. The maximum atomic E-state index is 13.6. The molecule has 4 rings (SSSR count). The lowest BCUT2D eigenvalue weighted by molar-refractivity contribution is -0.137. The first-order chi connectivity index (χ1) is 19.0. The largest absolute Gasteiger partial charge is 0.489 e. The molecule has 0 atom stereocenters. The Hall–Kier alpha value is -2.92. The molecule has 1 N–H and O–H groups in total. The number of carboxylic acids is 1. The lowest BCUT2D eigenvalue weighted by Gasteiger charge is -2.32. The standard InChI is InChI=1S/C33H39ClO5/c34-26-20-18-24(19-21-26)23-14-16-25(17-15-23)30-31(37)27-11-8-9-12-28(27)32(38)33(30)39-22-10-6-4-2-1-3-5-7-13-29(35)36/h8-9,11-12,18-21,23,25H,1-7,10,13-17,22H2,(H,35,36)/t23-,25-. The minimum absolute atomic E-state index is 0.0227. The van der Waals surface area contributed by atoms with Gasteiger partial charge in [-0.25, -0.2) is 0 Å². The molecule has 0 heterocycles. The van der Waals surface area contributed by atoms with E-state index in [0.717, 1.165) is 82.1 Å². The van der Waals surface area contributed by atoms with E-state index in [0.29, 0.717) is 29.2 Å². The van der Waals surface area contributed by atoms with E-state index in [1.807, 2.05) is 18.2 Å². The van der Waals surface area contributed by atoms with E-state index in [-0.39, 0.29) is 29.7 Å². The smallest absolute Gasteiger partial charge is 0.303 e. The molecule has 0 unspecified atom stereocenters. The predicted octanol–water partition coefficient (Wildman–Crippen LogP) is 8.56. The van der Waals surface area contributed by atoms with Crippen molar-refractivity contribution in [3.05, 3.63) is 81.6 Å². The van der Waals surface area contributed by atoms with Gasteiger partial charge in [-0.15, -0.1) is 0 Å². The van der Waals surface area contributed by atoms with E-state index in [4.69, 9.17) is 21.4 Å². The Balaban J connectivity index is 1.33. The summed E-state index contributed by atoms with van der Waals surface area (Å²) in [7, 11) is 0. The van der Waals surface area contributed by atoms with Crippen LogP contribution < -0.4 is 0 Å². The third kappa shape index (κ3) is 7.82. The summed E-state index contributed by atoms with van der Waals surface area (Å²) in [6.07, 6.45) is 11.8. The minimum atomic E-state index is -0.722. The third-order valence-corrected chi connectivity index (χ3v) is 8.37. The van der Waals surface area contributed by atoms with Gasteiger partial charge in [0.15, 0.2) is 11.5 Å². The van der Waals surface area contributed by atoms with Crippen LogP contribution >= 0.6 is 11.6 Å². The number of halogens is 1. The summed E-state index contributed by atoms with van der Waals surface area (Å²) < 4.78 is 6.13. The lowest BCUT2D eigenvalue weighted by atomic mass is 9.72. The molecule has 0 bridgehead atoms. The molecule has 0 radical (unpaired) electrons. The van der Waals surface area contributed by atoms with Crippen molar-refractivity contribution in [2.45, 2.75) is 89.4 Å². The van der Waals surface area contributed by atoms with Crippen molar-refractivity contribution >= 4 is 29.1 Å². The number of carboxylic acid groups (broad SMARTS) is 1. The van der Waals surface area contributed by atoms with E-state index < -0.39 is 5.97 Å². The fourth-order valence-corrected chi connectivity index (χ4v) is 6.08. The zero-order valence-electron chi connectivity index (χ0n) is 22.6. The zero-order valence-corrected chi connectivity index (χ0v) is 23.4. The molecule has 2 aliphatic carbocycles. The Morgan fingerprint density at radius 3 is 1.90 bits per heavy atom. The van der Waals surface area contributed by atoms with Crippen LogP contribution in [0, 0.1) is 5.92 Å². The molecule has 0 aromatic heterocycles. The van der Waals surface area contributed by atoms with Crippen LogP contribution in [0.1, 0.15) is 116 Å². The van der Waals surface area contributed by atoms with Crippen LogP contribution in [0.4, 0.5) is 0 Å². The van der Waals surface area contributed by atoms with Crippen molar-refractivity contribution in [2.75, 3.05) is 6.61 Å². The van der Waals surface area contributed by atoms with E-state index >= 15 is 0 Å². The number of rotatable bonds is 14. The van der Waals surface area contributed by atoms with E-state index in [1.54, 1.807) is 18.2 Å². The fraction of sp³-hybridized carbons (Fsp3) is 0.485. The number of aliphatic carboxylic acids is 1. The van der Waals surface area contributed by atoms with Crippen LogP contribution in [0.15, 0.2) is 59.9 Å². The van der Waals surface area contributed by atoms with Gasteiger partial charge in [-0.2, -0.15) is 0 Å². The molecule has 0 amide bonds. The Kier molecular flexibility index (Phi) is 10.8. The van der Waals surface area contributed by atoms with Crippen LogP contribution in [0.3, 0.4) is 0 Å². The van der Waals surface area contributed by atoms with Gasteiger partial charge in [0.25, 0.3) is 0 Å². The highest BCUT2D eigenvalue weighted by Gasteiger charge is 2.38. The van der Waals surface area contributed by atoms with Gasteiger partial charge in [0.2, 0.25) is 5.78 Å². The van der Waals surface area contributed by atoms with Gasteiger partial charge in [-0.3, -0.25) is 14.4 Å². The SMILES string of the molecule is O=C(O)CCCCCCCCCCOC1=C([C@H]2CC[C@H](c3ccc(Cl)cc3)CC2)C(=O)c2ccccc2C1=O. The van der Waals surface area contributed by atoms with Gasteiger partial charge >= 0.3 is 5.97 Å². The van der Waals surface area contributed by atoms with Gasteiger partial charge in [0.1, 0.15) is 0 Å².